The molecule has 1 N–H and O–H groups in total. The van der Waals surface area contributed by atoms with Crippen molar-refractivity contribution in [2.75, 3.05) is 0 Å². The van der Waals surface area contributed by atoms with Crippen molar-refractivity contribution < 1.29 is 5.11 Å². The Labute approximate surface area is 81.2 Å². The smallest absolute Gasteiger partial charge is 0.0911 e. The molecule has 0 aromatic carbocycles. The van der Waals surface area contributed by atoms with E-state index in [-0.39, 0.29) is 0 Å². The summed E-state index contributed by atoms with van der Waals surface area (Å²) in [6.45, 7) is 5.80. The molecule has 0 spiro atoms. The summed E-state index contributed by atoms with van der Waals surface area (Å²) < 4.78 is 0. The number of terminal acetylenes is 1. The van der Waals surface area contributed by atoms with Crippen LogP contribution in [-0.2, 0) is 0 Å². The van der Waals surface area contributed by atoms with Crippen LogP contribution in [0.3, 0.4) is 0 Å². The molecule has 0 aliphatic carbocycles. The van der Waals surface area contributed by atoms with E-state index in [1.807, 2.05) is 13.0 Å². The Balaban J connectivity index is 4.26. The monoisotopic (exact) mass is 178 g/mol. The van der Waals surface area contributed by atoms with E-state index in [1.165, 1.54) is 0 Å². The van der Waals surface area contributed by atoms with Crippen LogP contribution in [0.5, 0.6) is 0 Å². The zero-order valence-electron chi connectivity index (χ0n) is 8.67. The van der Waals surface area contributed by atoms with Gasteiger partial charge in [-0.05, 0) is 20.3 Å². The van der Waals surface area contributed by atoms with Gasteiger partial charge in [-0.2, -0.15) is 0 Å². The maximum absolute atomic E-state index is 9.68. The largest absolute Gasteiger partial charge is 0.385 e. The molecule has 13 heavy (non-hydrogen) atoms. The summed E-state index contributed by atoms with van der Waals surface area (Å²) in [7, 11) is 0. The van der Waals surface area contributed by atoms with Crippen LogP contribution in [0.4, 0.5) is 0 Å². The highest BCUT2D eigenvalue weighted by Gasteiger charge is 2.13. The molecule has 0 aliphatic heterocycles. The van der Waals surface area contributed by atoms with Gasteiger partial charge in [-0.25, -0.2) is 0 Å². The standard InChI is InChI=1S/C12H18O/c1-5-7-11(3)8-10-12(4,13)9-6-2/h2,7-8,10,13H,5,9H2,1,3-4H3/b10-8+,11-7+. The molecule has 0 aromatic heterocycles. The first-order chi connectivity index (χ1) is 6.02. The first-order valence-electron chi connectivity index (χ1n) is 4.53. The van der Waals surface area contributed by atoms with Crippen LogP contribution in [0.2, 0.25) is 0 Å². The molecule has 0 saturated carbocycles. The van der Waals surface area contributed by atoms with Gasteiger partial charge < -0.3 is 5.11 Å². The number of aliphatic hydroxyl groups is 1. The predicted molar refractivity (Wildman–Crippen MR) is 57.3 cm³/mol. The van der Waals surface area contributed by atoms with Gasteiger partial charge in [0.05, 0.1) is 5.60 Å². The predicted octanol–water partition coefficient (Wildman–Crippen LogP) is 2.67. The fraction of sp³-hybridized carbons (Fsp3) is 0.500. The molecular weight excluding hydrogens is 160 g/mol. The van der Waals surface area contributed by atoms with Crippen LogP contribution < -0.4 is 0 Å². The van der Waals surface area contributed by atoms with Gasteiger partial charge >= 0.3 is 0 Å². The highest BCUT2D eigenvalue weighted by molar-refractivity contribution is 5.19. The highest BCUT2D eigenvalue weighted by Crippen LogP contribution is 2.11. The maximum atomic E-state index is 9.68. The molecule has 0 heterocycles. The molecular formula is C12H18O. The number of rotatable bonds is 4. The van der Waals surface area contributed by atoms with Crippen LogP contribution in [0, 0.1) is 12.3 Å². The van der Waals surface area contributed by atoms with Gasteiger partial charge in [0.25, 0.3) is 0 Å². The van der Waals surface area contributed by atoms with E-state index >= 15 is 0 Å². The SMILES string of the molecule is C#CCC(C)(O)/C=C/C(C)=C/CC. The Hall–Kier alpha value is -1.00. The van der Waals surface area contributed by atoms with Gasteiger partial charge in [0.2, 0.25) is 0 Å². The lowest BCUT2D eigenvalue weighted by atomic mass is 10.0. The van der Waals surface area contributed by atoms with Crippen molar-refractivity contribution in [1.82, 2.24) is 0 Å². The fourth-order valence-electron chi connectivity index (χ4n) is 0.967. The maximum Gasteiger partial charge on any atom is 0.0911 e. The summed E-state index contributed by atoms with van der Waals surface area (Å²) in [4.78, 5) is 0. The van der Waals surface area contributed by atoms with E-state index in [0.29, 0.717) is 6.42 Å². The summed E-state index contributed by atoms with van der Waals surface area (Å²) >= 11 is 0. The zero-order chi connectivity index (χ0) is 10.3. The van der Waals surface area contributed by atoms with Crippen molar-refractivity contribution in [2.24, 2.45) is 0 Å². The average Bonchev–Trinajstić information content (AvgIpc) is 2.02. The lowest BCUT2D eigenvalue weighted by molar-refractivity contribution is 0.117. The molecule has 0 rings (SSSR count). The molecule has 0 amide bonds. The van der Waals surface area contributed by atoms with Crippen molar-refractivity contribution in [1.29, 1.82) is 0 Å². The molecule has 72 valence electrons. The number of allylic oxidation sites excluding steroid dienone is 3. The molecule has 0 aliphatic rings. The Morgan fingerprint density at radius 2 is 2.23 bits per heavy atom. The van der Waals surface area contributed by atoms with E-state index in [2.05, 4.69) is 18.9 Å². The molecule has 0 saturated heterocycles. The third-order valence-electron chi connectivity index (χ3n) is 1.69. The van der Waals surface area contributed by atoms with E-state index in [1.54, 1.807) is 13.0 Å². The van der Waals surface area contributed by atoms with Gasteiger partial charge in [0, 0.05) is 6.42 Å². The molecule has 0 bridgehead atoms. The number of hydrogen-bond donors (Lipinski definition) is 1. The van der Waals surface area contributed by atoms with Gasteiger partial charge in [0.15, 0.2) is 0 Å². The molecule has 0 aromatic rings. The first-order valence-corrected chi connectivity index (χ1v) is 4.53. The van der Waals surface area contributed by atoms with Crippen molar-refractivity contribution in [2.45, 2.75) is 39.2 Å². The fourth-order valence-corrected chi connectivity index (χ4v) is 0.967. The minimum absolute atomic E-state index is 0.350. The van der Waals surface area contributed by atoms with Crippen molar-refractivity contribution in [3.8, 4) is 12.3 Å². The average molecular weight is 178 g/mol. The van der Waals surface area contributed by atoms with E-state index in [9.17, 15) is 5.11 Å². The first kappa shape index (κ1) is 12.0. The minimum atomic E-state index is -0.877. The van der Waals surface area contributed by atoms with Gasteiger partial charge in [0.1, 0.15) is 0 Å². The highest BCUT2D eigenvalue weighted by atomic mass is 16.3. The van der Waals surface area contributed by atoms with Crippen molar-refractivity contribution in [3.05, 3.63) is 23.8 Å². The Bertz CT molecular complexity index is 238. The van der Waals surface area contributed by atoms with Gasteiger partial charge in [-0.15, -0.1) is 12.3 Å². The van der Waals surface area contributed by atoms with E-state index in [4.69, 9.17) is 6.42 Å². The second-order valence-corrected chi connectivity index (χ2v) is 3.43. The van der Waals surface area contributed by atoms with Gasteiger partial charge in [-0.3, -0.25) is 0 Å². The Morgan fingerprint density at radius 3 is 2.69 bits per heavy atom. The Morgan fingerprint density at radius 1 is 1.62 bits per heavy atom. The molecule has 0 radical (unpaired) electrons. The molecule has 1 heteroatoms. The van der Waals surface area contributed by atoms with E-state index in [0.717, 1.165) is 12.0 Å². The van der Waals surface area contributed by atoms with E-state index < -0.39 is 5.60 Å². The van der Waals surface area contributed by atoms with Crippen LogP contribution in [0.25, 0.3) is 0 Å². The molecule has 1 nitrogen and oxygen atoms in total. The molecule has 1 atom stereocenters. The summed E-state index contributed by atoms with van der Waals surface area (Å²) in [6, 6.07) is 0. The van der Waals surface area contributed by atoms with Gasteiger partial charge in [-0.1, -0.05) is 30.7 Å². The van der Waals surface area contributed by atoms with Crippen LogP contribution in [0.1, 0.15) is 33.6 Å². The van der Waals surface area contributed by atoms with Crippen LogP contribution in [-0.4, -0.2) is 10.7 Å². The van der Waals surface area contributed by atoms with Crippen LogP contribution in [0.15, 0.2) is 23.8 Å². The second kappa shape index (κ2) is 5.61. The van der Waals surface area contributed by atoms with Crippen molar-refractivity contribution in [3.63, 3.8) is 0 Å². The molecule has 0 fully saturated rings. The lowest BCUT2D eigenvalue weighted by Crippen LogP contribution is -2.19. The number of hydrogen-bond acceptors (Lipinski definition) is 1. The summed E-state index contributed by atoms with van der Waals surface area (Å²) in [5, 5.41) is 9.68. The topological polar surface area (TPSA) is 20.2 Å². The lowest BCUT2D eigenvalue weighted by Gasteiger charge is -2.14. The summed E-state index contributed by atoms with van der Waals surface area (Å²) in [5.74, 6) is 2.44. The normalized spacial score (nSPS) is 17.0. The summed E-state index contributed by atoms with van der Waals surface area (Å²) in [6.07, 6.45) is 12.2. The second-order valence-electron chi connectivity index (χ2n) is 3.43. The van der Waals surface area contributed by atoms with Crippen LogP contribution >= 0.6 is 0 Å². The third kappa shape index (κ3) is 6.19. The quantitative estimate of drug-likeness (QED) is 0.518. The minimum Gasteiger partial charge on any atom is -0.385 e. The Kier molecular flexibility index (Phi) is 5.18. The summed E-state index contributed by atoms with van der Waals surface area (Å²) in [5.41, 5.74) is 0.275. The van der Waals surface area contributed by atoms with Crippen molar-refractivity contribution >= 4 is 0 Å². The third-order valence-corrected chi connectivity index (χ3v) is 1.69. The zero-order valence-corrected chi connectivity index (χ0v) is 8.67. The molecule has 1 unspecified atom stereocenters.